The van der Waals surface area contributed by atoms with E-state index in [9.17, 15) is 4.39 Å². The third-order valence-corrected chi connectivity index (χ3v) is 4.21. The van der Waals surface area contributed by atoms with Crippen LogP contribution >= 0.6 is 0 Å². The molecule has 0 bridgehead atoms. The first-order chi connectivity index (χ1) is 13.6. The van der Waals surface area contributed by atoms with Crippen LogP contribution in [-0.2, 0) is 6.54 Å². The normalized spacial score (nSPS) is 10.8. The second-order valence-electron chi connectivity index (χ2n) is 6.46. The Labute approximate surface area is 161 Å². The Morgan fingerprint density at radius 1 is 1.00 bits per heavy atom. The Balaban J connectivity index is 1.69. The highest BCUT2D eigenvalue weighted by Crippen LogP contribution is 2.31. The first kappa shape index (κ1) is 17.8. The van der Waals surface area contributed by atoms with E-state index in [-0.39, 0.29) is 5.82 Å². The predicted molar refractivity (Wildman–Crippen MR) is 104 cm³/mol. The molecule has 0 radical (unpaired) electrons. The second-order valence-corrected chi connectivity index (χ2v) is 6.46. The van der Waals surface area contributed by atoms with Gasteiger partial charge < -0.3 is 9.84 Å². The van der Waals surface area contributed by atoms with E-state index in [1.165, 1.54) is 12.1 Å². The summed E-state index contributed by atoms with van der Waals surface area (Å²) in [5.74, 6) is 0.743. The average molecular weight is 375 g/mol. The summed E-state index contributed by atoms with van der Waals surface area (Å²) in [6.45, 7) is 4.19. The van der Waals surface area contributed by atoms with E-state index < -0.39 is 0 Å². The fourth-order valence-corrected chi connectivity index (χ4v) is 2.79. The Kier molecular flexibility index (Phi) is 4.80. The van der Waals surface area contributed by atoms with Crippen molar-refractivity contribution in [1.29, 1.82) is 0 Å². The Bertz CT molecular complexity index is 1110. The first-order valence-electron chi connectivity index (χ1n) is 8.80. The molecule has 6 nitrogen and oxygen atoms in total. The highest BCUT2D eigenvalue weighted by atomic mass is 19.1. The van der Waals surface area contributed by atoms with Crippen LogP contribution in [-0.4, -0.2) is 20.1 Å². The third-order valence-electron chi connectivity index (χ3n) is 4.21. The van der Waals surface area contributed by atoms with E-state index >= 15 is 0 Å². The smallest absolute Gasteiger partial charge is 0.223 e. The lowest BCUT2D eigenvalue weighted by Gasteiger charge is -2.10. The molecule has 140 valence electrons. The minimum absolute atomic E-state index is 0.275. The summed E-state index contributed by atoms with van der Waals surface area (Å²) in [6.07, 6.45) is 3.46. The van der Waals surface area contributed by atoms with Crippen LogP contribution in [0, 0.1) is 19.7 Å². The summed E-state index contributed by atoms with van der Waals surface area (Å²) in [4.78, 5) is 13.4. The summed E-state index contributed by atoms with van der Waals surface area (Å²) in [5, 5.41) is 7.09. The molecule has 0 aliphatic carbocycles. The van der Waals surface area contributed by atoms with Gasteiger partial charge in [0.25, 0.3) is 0 Å². The van der Waals surface area contributed by atoms with Crippen molar-refractivity contribution in [2.45, 2.75) is 20.4 Å². The van der Waals surface area contributed by atoms with Gasteiger partial charge in [0.1, 0.15) is 5.82 Å². The number of hydrogen-bond acceptors (Lipinski definition) is 6. The molecular formula is C21H18FN5O. The number of anilines is 1. The van der Waals surface area contributed by atoms with Gasteiger partial charge in [0.05, 0.1) is 17.0 Å². The number of aryl methyl sites for hydroxylation is 2. The number of benzene rings is 1. The first-order valence-corrected chi connectivity index (χ1v) is 8.80. The van der Waals surface area contributed by atoms with Gasteiger partial charge in [-0.25, -0.2) is 14.4 Å². The van der Waals surface area contributed by atoms with Crippen molar-refractivity contribution < 1.29 is 8.91 Å². The maximum Gasteiger partial charge on any atom is 0.223 e. The van der Waals surface area contributed by atoms with E-state index in [1.54, 1.807) is 18.5 Å². The number of aromatic nitrogens is 4. The van der Waals surface area contributed by atoms with Gasteiger partial charge in [-0.1, -0.05) is 17.3 Å². The molecule has 0 fully saturated rings. The second kappa shape index (κ2) is 7.56. The summed E-state index contributed by atoms with van der Waals surface area (Å²) in [5.41, 5.74) is 4.74. The van der Waals surface area contributed by atoms with Crippen molar-refractivity contribution in [3.05, 3.63) is 77.6 Å². The third kappa shape index (κ3) is 3.88. The summed E-state index contributed by atoms with van der Waals surface area (Å²) >= 11 is 0. The molecule has 1 aromatic carbocycles. The van der Waals surface area contributed by atoms with E-state index in [1.807, 2.05) is 38.1 Å². The number of rotatable bonds is 5. The monoisotopic (exact) mass is 375 g/mol. The van der Waals surface area contributed by atoms with Gasteiger partial charge >= 0.3 is 0 Å². The van der Waals surface area contributed by atoms with Crippen LogP contribution in [0.1, 0.15) is 17.0 Å². The maximum absolute atomic E-state index is 13.4. The maximum atomic E-state index is 13.4. The molecule has 1 N–H and O–H groups in total. The van der Waals surface area contributed by atoms with Crippen LogP contribution < -0.4 is 5.32 Å². The Morgan fingerprint density at radius 2 is 1.89 bits per heavy atom. The summed E-state index contributed by atoms with van der Waals surface area (Å²) < 4.78 is 18.8. The SMILES string of the molecule is Cc1ccc(-c2nc(NCc3cccc(F)c3)ncc2-c2cc(C)no2)cn1. The van der Waals surface area contributed by atoms with Gasteiger partial charge in [0.15, 0.2) is 5.76 Å². The van der Waals surface area contributed by atoms with Crippen molar-refractivity contribution in [2.75, 3.05) is 5.32 Å². The zero-order valence-corrected chi connectivity index (χ0v) is 15.5. The van der Waals surface area contributed by atoms with Crippen LogP contribution in [0.5, 0.6) is 0 Å². The fraction of sp³-hybridized carbons (Fsp3) is 0.143. The van der Waals surface area contributed by atoms with Gasteiger partial charge in [-0.2, -0.15) is 0 Å². The van der Waals surface area contributed by atoms with Crippen LogP contribution in [0.15, 0.2) is 59.4 Å². The molecule has 0 amide bonds. The highest BCUT2D eigenvalue weighted by molar-refractivity contribution is 5.78. The molecule has 4 aromatic rings. The number of halogens is 1. The molecule has 0 saturated heterocycles. The molecule has 0 spiro atoms. The Hall–Kier alpha value is -3.61. The molecule has 3 aromatic heterocycles. The zero-order valence-electron chi connectivity index (χ0n) is 15.5. The van der Waals surface area contributed by atoms with Gasteiger partial charge in [0, 0.05) is 36.3 Å². The van der Waals surface area contributed by atoms with E-state index in [2.05, 4.69) is 25.4 Å². The molecule has 0 aliphatic rings. The lowest BCUT2D eigenvalue weighted by atomic mass is 10.1. The van der Waals surface area contributed by atoms with Crippen molar-refractivity contribution in [1.82, 2.24) is 20.1 Å². The molecule has 3 heterocycles. The van der Waals surface area contributed by atoms with Gasteiger partial charge in [-0.3, -0.25) is 4.98 Å². The topological polar surface area (TPSA) is 76.7 Å². The van der Waals surface area contributed by atoms with Gasteiger partial charge in [-0.05, 0) is 43.7 Å². The van der Waals surface area contributed by atoms with Crippen molar-refractivity contribution in [2.24, 2.45) is 0 Å². The van der Waals surface area contributed by atoms with Crippen molar-refractivity contribution in [3.63, 3.8) is 0 Å². The highest BCUT2D eigenvalue weighted by Gasteiger charge is 2.15. The largest absolute Gasteiger partial charge is 0.356 e. The lowest BCUT2D eigenvalue weighted by Crippen LogP contribution is -2.05. The van der Waals surface area contributed by atoms with Crippen LogP contribution in [0.3, 0.4) is 0 Å². The minimum Gasteiger partial charge on any atom is -0.356 e. The zero-order chi connectivity index (χ0) is 19.5. The average Bonchev–Trinajstić information content (AvgIpc) is 3.13. The standard InChI is InChI=1S/C21H18FN5O/c1-13-6-7-16(11-23-13)20-18(19-8-14(2)27-28-19)12-25-21(26-20)24-10-15-4-3-5-17(22)9-15/h3-9,11-12H,10H2,1-2H3,(H,24,25,26). The molecule has 7 heteroatoms. The van der Waals surface area contributed by atoms with Crippen LogP contribution in [0.4, 0.5) is 10.3 Å². The van der Waals surface area contributed by atoms with Gasteiger partial charge in [0.2, 0.25) is 5.95 Å². The fourth-order valence-electron chi connectivity index (χ4n) is 2.79. The summed E-state index contributed by atoms with van der Waals surface area (Å²) in [6, 6.07) is 12.1. The van der Waals surface area contributed by atoms with Crippen LogP contribution in [0.25, 0.3) is 22.6 Å². The van der Waals surface area contributed by atoms with Gasteiger partial charge in [-0.15, -0.1) is 0 Å². The number of nitrogens with one attached hydrogen (secondary N) is 1. The Morgan fingerprint density at radius 3 is 2.61 bits per heavy atom. The molecule has 0 unspecified atom stereocenters. The minimum atomic E-state index is -0.275. The number of nitrogens with zero attached hydrogens (tertiary/aromatic N) is 4. The molecule has 0 atom stereocenters. The van der Waals surface area contributed by atoms with Crippen molar-refractivity contribution in [3.8, 4) is 22.6 Å². The molecular weight excluding hydrogens is 357 g/mol. The lowest BCUT2D eigenvalue weighted by molar-refractivity contribution is 0.427. The molecule has 4 rings (SSSR count). The van der Waals surface area contributed by atoms with Crippen LogP contribution in [0.2, 0.25) is 0 Å². The number of hydrogen-bond donors (Lipinski definition) is 1. The number of pyridine rings is 1. The summed E-state index contributed by atoms with van der Waals surface area (Å²) in [7, 11) is 0. The van der Waals surface area contributed by atoms with E-state index in [0.29, 0.717) is 23.9 Å². The quantitative estimate of drug-likeness (QED) is 0.551. The predicted octanol–water partition coefficient (Wildman–Crippen LogP) is 4.56. The van der Waals surface area contributed by atoms with E-state index in [4.69, 9.17) is 4.52 Å². The molecule has 0 aliphatic heterocycles. The molecule has 0 saturated carbocycles. The van der Waals surface area contributed by atoms with E-state index in [0.717, 1.165) is 28.1 Å². The van der Waals surface area contributed by atoms with Crippen molar-refractivity contribution >= 4 is 5.95 Å². The molecule has 28 heavy (non-hydrogen) atoms.